The number of hydrogen-bond donors (Lipinski definition) is 4. The molecule has 0 unspecified atom stereocenters. The van der Waals surface area contributed by atoms with Crippen molar-refractivity contribution in [2.75, 3.05) is 6.61 Å². The molecule has 9 nitrogen and oxygen atoms in total. The minimum Gasteiger partial charge on any atom is -0.466 e. The van der Waals surface area contributed by atoms with Crippen LogP contribution in [-0.4, -0.2) is 47.6 Å². The molecule has 0 saturated heterocycles. The quantitative estimate of drug-likeness (QED) is 0.373. The number of esters is 1. The van der Waals surface area contributed by atoms with Gasteiger partial charge in [-0.3, -0.25) is 19.2 Å². The molecular formula is C24H29N3O6. The van der Waals surface area contributed by atoms with E-state index in [-0.39, 0.29) is 13.0 Å². The number of aliphatic hydroxyl groups excluding tert-OH is 1. The number of nitrogens with one attached hydrogen (secondary N) is 2. The van der Waals surface area contributed by atoms with Crippen LogP contribution in [0.1, 0.15) is 42.2 Å². The molecule has 0 heterocycles. The van der Waals surface area contributed by atoms with Crippen LogP contribution in [0.3, 0.4) is 0 Å². The summed E-state index contributed by atoms with van der Waals surface area (Å²) in [5.41, 5.74) is 6.26. The first-order chi connectivity index (χ1) is 15.7. The molecule has 0 spiro atoms. The highest BCUT2D eigenvalue weighted by Crippen LogP contribution is 2.19. The molecule has 0 aromatic heterocycles. The molecule has 0 radical (unpaired) electrons. The zero-order chi connectivity index (χ0) is 24.4. The molecule has 176 valence electrons. The van der Waals surface area contributed by atoms with E-state index in [9.17, 15) is 24.3 Å². The van der Waals surface area contributed by atoms with Gasteiger partial charge in [0.15, 0.2) is 6.10 Å². The standard InChI is InChI=1S/C24H29N3O6/c1-3-33-18(28)14-15(2)19(22(25)30)26-24(32)21(29)20(16-10-6-4-7-11-16)27-23(31)17-12-8-5-9-13-17/h4-13,15,19-21,29H,3,14H2,1-2H3,(H2,25,30)(H,26,32)(H,27,31)/t15-,19-,20+,21-/m1/s1. The largest absolute Gasteiger partial charge is 0.466 e. The van der Waals surface area contributed by atoms with Gasteiger partial charge >= 0.3 is 5.97 Å². The molecule has 2 aromatic rings. The van der Waals surface area contributed by atoms with Gasteiger partial charge in [-0.05, 0) is 30.5 Å². The molecule has 4 atom stereocenters. The predicted octanol–water partition coefficient (Wildman–Crippen LogP) is 1.08. The third-order valence-electron chi connectivity index (χ3n) is 5.03. The minimum absolute atomic E-state index is 0.148. The van der Waals surface area contributed by atoms with Crippen molar-refractivity contribution in [2.24, 2.45) is 11.7 Å². The van der Waals surface area contributed by atoms with E-state index < -0.39 is 47.8 Å². The molecule has 0 bridgehead atoms. The number of nitrogens with two attached hydrogens (primary N) is 1. The minimum atomic E-state index is -1.74. The zero-order valence-corrected chi connectivity index (χ0v) is 18.6. The summed E-state index contributed by atoms with van der Waals surface area (Å²) in [6.07, 6.45) is -1.89. The van der Waals surface area contributed by atoms with Crippen molar-refractivity contribution in [3.8, 4) is 0 Å². The molecule has 2 rings (SSSR count). The summed E-state index contributed by atoms with van der Waals surface area (Å²) in [4.78, 5) is 49.3. The van der Waals surface area contributed by atoms with Crippen LogP contribution in [0.5, 0.6) is 0 Å². The van der Waals surface area contributed by atoms with Gasteiger partial charge in [-0.15, -0.1) is 0 Å². The fourth-order valence-electron chi connectivity index (χ4n) is 3.30. The second-order valence-electron chi connectivity index (χ2n) is 7.55. The van der Waals surface area contributed by atoms with Gasteiger partial charge < -0.3 is 26.2 Å². The van der Waals surface area contributed by atoms with E-state index in [0.29, 0.717) is 11.1 Å². The average Bonchev–Trinajstić information content (AvgIpc) is 2.81. The SMILES string of the molecule is CCOC(=O)C[C@@H](C)[C@@H](NC(=O)[C@H](O)[C@@H](NC(=O)c1ccccc1)c1ccccc1)C(N)=O. The van der Waals surface area contributed by atoms with Crippen LogP contribution in [0, 0.1) is 5.92 Å². The number of primary amides is 1. The van der Waals surface area contributed by atoms with E-state index >= 15 is 0 Å². The lowest BCUT2D eigenvalue weighted by molar-refractivity contribution is -0.145. The van der Waals surface area contributed by atoms with Crippen molar-refractivity contribution in [1.29, 1.82) is 0 Å². The predicted molar refractivity (Wildman–Crippen MR) is 121 cm³/mol. The van der Waals surface area contributed by atoms with Gasteiger partial charge in [-0.2, -0.15) is 0 Å². The van der Waals surface area contributed by atoms with Gasteiger partial charge in [0.1, 0.15) is 6.04 Å². The van der Waals surface area contributed by atoms with Crippen molar-refractivity contribution >= 4 is 23.7 Å². The van der Waals surface area contributed by atoms with Gasteiger partial charge in [0.05, 0.1) is 19.1 Å². The van der Waals surface area contributed by atoms with E-state index in [1.54, 1.807) is 74.5 Å². The molecule has 5 N–H and O–H groups in total. The maximum Gasteiger partial charge on any atom is 0.306 e. The lowest BCUT2D eigenvalue weighted by Gasteiger charge is -2.27. The Balaban J connectivity index is 2.20. The second kappa shape index (κ2) is 12.4. The van der Waals surface area contributed by atoms with E-state index in [2.05, 4.69) is 10.6 Å². The number of ether oxygens (including phenoxy) is 1. The topological polar surface area (TPSA) is 148 Å². The Morgan fingerprint density at radius 1 is 0.970 bits per heavy atom. The van der Waals surface area contributed by atoms with Gasteiger partial charge in [0.2, 0.25) is 5.91 Å². The van der Waals surface area contributed by atoms with Crippen molar-refractivity contribution in [1.82, 2.24) is 10.6 Å². The number of rotatable bonds is 11. The summed E-state index contributed by atoms with van der Waals surface area (Å²) in [7, 11) is 0. The number of carbonyl (C=O) groups is 4. The molecule has 0 saturated carbocycles. The van der Waals surface area contributed by atoms with Crippen molar-refractivity contribution in [2.45, 2.75) is 38.5 Å². The van der Waals surface area contributed by atoms with E-state index in [4.69, 9.17) is 10.5 Å². The van der Waals surface area contributed by atoms with E-state index in [1.165, 1.54) is 0 Å². The Hall–Kier alpha value is -3.72. The maximum absolute atomic E-state index is 12.9. The van der Waals surface area contributed by atoms with Gasteiger partial charge in [-0.1, -0.05) is 55.5 Å². The Kier molecular flexibility index (Phi) is 9.56. The third kappa shape index (κ3) is 7.43. The lowest BCUT2D eigenvalue weighted by Crippen LogP contribution is -2.54. The summed E-state index contributed by atoms with van der Waals surface area (Å²) in [6.45, 7) is 3.39. The second-order valence-corrected chi connectivity index (χ2v) is 7.55. The normalized spacial score (nSPS) is 14.3. The smallest absolute Gasteiger partial charge is 0.306 e. The van der Waals surface area contributed by atoms with Crippen molar-refractivity contribution in [3.05, 3.63) is 71.8 Å². The first kappa shape index (κ1) is 25.5. The molecule has 3 amide bonds. The molecular weight excluding hydrogens is 426 g/mol. The lowest BCUT2D eigenvalue weighted by atomic mass is 9.96. The fraction of sp³-hybridized carbons (Fsp3) is 0.333. The van der Waals surface area contributed by atoms with Gasteiger partial charge in [0.25, 0.3) is 11.8 Å². The Morgan fingerprint density at radius 3 is 2.09 bits per heavy atom. The number of aliphatic hydroxyl groups is 1. The van der Waals surface area contributed by atoms with E-state index in [1.807, 2.05) is 0 Å². The summed E-state index contributed by atoms with van der Waals surface area (Å²) in [5, 5.41) is 15.9. The summed E-state index contributed by atoms with van der Waals surface area (Å²) >= 11 is 0. The van der Waals surface area contributed by atoms with Crippen LogP contribution < -0.4 is 16.4 Å². The van der Waals surface area contributed by atoms with Crippen LogP contribution in [-0.2, 0) is 19.1 Å². The molecule has 33 heavy (non-hydrogen) atoms. The highest BCUT2D eigenvalue weighted by Gasteiger charge is 2.34. The van der Waals surface area contributed by atoms with Gasteiger partial charge in [0, 0.05) is 5.56 Å². The number of benzene rings is 2. The molecule has 9 heteroatoms. The van der Waals surface area contributed by atoms with Crippen LogP contribution in [0.4, 0.5) is 0 Å². The van der Waals surface area contributed by atoms with Crippen molar-refractivity contribution < 1.29 is 29.0 Å². The summed E-state index contributed by atoms with van der Waals surface area (Å²) in [5.74, 6) is -3.48. The van der Waals surface area contributed by atoms with Crippen molar-refractivity contribution in [3.63, 3.8) is 0 Å². The van der Waals surface area contributed by atoms with Crippen LogP contribution in [0.25, 0.3) is 0 Å². The highest BCUT2D eigenvalue weighted by atomic mass is 16.5. The fourth-order valence-corrected chi connectivity index (χ4v) is 3.30. The monoisotopic (exact) mass is 455 g/mol. The van der Waals surface area contributed by atoms with E-state index in [0.717, 1.165) is 0 Å². The summed E-state index contributed by atoms with van der Waals surface area (Å²) < 4.78 is 4.88. The Labute approximate surface area is 192 Å². The van der Waals surface area contributed by atoms with Crippen LogP contribution in [0.15, 0.2) is 60.7 Å². The third-order valence-corrected chi connectivity index (χ3v) is 5.03. The molecule has 0 aliphatic carbocycles. The zero-order valence-electron chi connectivity index (χ0n) is 18.6. The first-order valence-electron chi connectivity index (χ1n) is 10.6. The molecule has 2 aromatic carbocycles. The van der Waals surface area contributed by atoms with Crippen LogP contribution >= 0.6 is 0 Å². The molecule has 0 aliphatic heterocycles. The maximum atomic E-state index is 12.9. The first-order valence-corrected chi connectivity index (χ1v) is 10.6. The Bertz CT molecular complexity index is 951. The number of carbonyl (C=O) groups excluding carboxylic acids is 4. The highest BCUT2D eigenvalue weighted by molar-refractivity contribution is 5.95. The Morgan fingerprint density at radius 2 is 1.55 bits per heavy atom. The average molecular weight is 456 g/mol. The van der Waals surface area contributed by atoms with Gasteiger partial charge in [-0.25, -0.2) is 0 Å². The number of amides is 3. The molecule has 0 fully saturated rings. The van der Waals surface area contributed by atoms with Crippen LogP contribution in [0.2, 0.25) is 0 Å². The number of hydrogen-bond acceptors (Lipinski definition) is 6. The molecule has 0 aliphatic rings. The summed E-state index contributed by atoms with van der Waals surface area (Å²) in [6, 6.07) is 14.5.